The summed E-state index contributed by atoms with van der Waals surface area (Å²) >= 11 is 0. The van der Waals surface area contributed by atoms with Crippen LogP contribution in [0.5, 0.6) is 0 Å². The van der Waals surface area contributed by atoms with Crippen LogP contribution >= 0.6 is 0 Å². The summed E-state index contributed by atoms with van der Waals surface area (Å²) in [6.45, 7) is 4.82. The fourth-order valence-electron chi connectivity index (χ4n) is 2.18. The highest BCUT2D eigenvalue weighted by Gasteiger charge is 2.25. The molecule has 1 fully saturated rings. The van der Waals surface area contributed by atoms with Gasteiger partial charge >= 0.3 is 0 Å². The van der Waals surface area contributed by atoms with Gasteiger partial charge in [0.25, 0.3) is 0 Å². The molecule has 1 aromatic rings. The van der Waals surface area contributed by atoms with E-state index in [0.717, 1.165) is 38.6 Å². The molecule has 0 aliphatic carbocycles. The molecule has 1 N–H and O–H groups in total. The van der Waals surface area contributed by atoms with Crippen molar-refractivity contribution in [2.75, 3.05) is 39.9 Å². The quantitative estimate of drug-likeness (QED) is 0.782. The van der Waals surface area contributed by atoms with Crippen LogP contribution in [0.2, 0.25) is 0 Å². The van der Waals surface area contributed by atoms with Gasteiger partial charge in [0.2, 0.25) is 0 Å². The Bertz CT molecular complexity index is 326. The molecule has 0 aromatic carbocycles. The molecule has 16 heavy (non-hydrogen) atoms. The largest absolute Gasteiger partial charge is 0.383 e. The number of ether oxygens (including phenoxy) is 1. The van der Waals surface area contributed by atoms with Crippen molar-refractivity contribution < 1.29 is 4.74 Å². The summed E-state index contributed by atoms with van der Waals surface area (Å²) in [5, 5.41) is 3.42. The van der Waals surface area contributed by atoms with Crippen LogP contribution in [0.3, 0.4) is 0 Å². The van der Waals surface area contributed by atoms with Crippen molar-refractivity contribution in [1.82, 2.24) is 19.8 Å². The van der Waals surface area contributed by atoms with E-state index in [9.17, 15) is 0 Å². The lowest BCUT2D eigenvalue weighted by Crippen LogP contribution is -2.47. The molecule has 1 unspecified atom stereocenters. The number of imidazole rings is 1. The van der Waals surface area contributed by atoms with Gasteiger partial charge in [-0.1, -0.05) is 0 Å². The minimum atomic E-state index is 0.365. The number of methoxy groups -OCH3 is 1. The van der Waals surface area contributed by atoms with E-state index in [1.165, 1.54) is 0 Å². The van der Waals surface area contributed by atoms with E-state index in [0.29, 0.717) is 6.04 Å². The topological polar surface area (TPSA) is 42.3 Å². The number of nitrogens with one attached hydrogen (secondary N) is 1. The van der Waals surface area contributed by atoms with Crippen LogP contribution in [0.25, 0.3) is 0 Å². The second-order valence-corrected chi connectivity index (χ2v) is 4.15. The molecule has 2 heterocycles. The van der Waals surface area contributed by atoms with Crippen molar-refractivity contribution in [3.05, 3.63) is 18.2 Å². The molecule has 1 aliphatic rings. The van der Waals surface area contributed by atoms with Gasteiger partial charge in [0, 0.05) is 52.7 Å². The molecule has 1 aromatic heterocycles. The molecule has 2 rings (SSSR count). The van der Waals surface area contributed by atoms with Crippen LogP contribution in [0, 0.1) is 0 Å². The summed E-state index contributed by atoms with van der Waals surface area (Å²) in [5.41, 5.74) is 0. The third-order valence-electron chi connectivity index (χ3n) is 3.09. The van der Waals surface area contributed by atoms with Crippen LogP contribution in [0.15, 0.2) is 12.4 Å². The summed E-state index contributed by atoms with van der Waals surface area (Å²) in [5.74, 6) is 1.13. The van der Waals surface area contributed by atoms with Crippen LogP contribution in [-0.4, -0.2) is 54.3 Å². The standard InChI is InChI=1S/C11H20N4O/c1-14-5-4-13-11(14)10-9-12-3-6-15(10)7-8-16-2/h4-5,10,12H,3,6-9H2,1-2H3. The molecular weight excluding hydrogens is 204 g/mol. The molecule has 0 saturated carbocycles. The Morgan fingerprint density at radius 3 is 3.19 bits per heavy atom. The second kappa shape index (κ2) is 5.43. The molecule has 0 radical (unpaired) electrons. The molecule has 90 valence electrons. The minimum absolute atomic E-state index is 0.365. The van der Waals surface area contributed by atoms with E-state index in [-0.39, 0.29) is 0 Å². The van der Waals surface area contributed by atoms with Crippen LogP contribution in [-0.2, 0) is 11.8 Å². The molecule has 0 spiro atoms. The summed E-state index contributed by atoms with van der Waals surface area (Å²) in [7, 11) is 3.80. The maximum atomic E-state index is 5.15. The van der Waals surface area contributed by atoms with E-state index in [4.69, 9.17) is 4.74 Å². The number of hydrogen-bond acceptors (Lipinski definition) is 4. The summed E-state index contributed by atoms with van der Waals surface area (Å²) in [6, 6.07) is 0.365. The van der Waals surface area contributed by atoms with E-state index in [2.05, 4.69) is 19.8 Å². The van der Waals surface area contributed by atoms with Gasteiger partial charge in [0.15, 0.2) is 0 Å². The lowest BCUT2D eigenvalue weighted by atomic mass is 10.2. The first-order chi connectivity index (χ1) is 7.83. The Labute approximate surface area is 96.4 Å². The summed E-state index contributed by atoms with van der Waals surface area (Å²) < 4.78 is 7.25. The first-order valence-electron chi connectivity index (χ1n) is 5.74. The molecule has 5 heteroatoms. The zero-order valence-electron chi connectivity index (χ0n) is 10.0. The third kappa shape index (κ3) is 2.42. The fourth-order valence-corrected chi connectivity index (χ4v) is 2.18. The number of aromatic nitrogens is 2. The Kier molecular flexibility index (Phi) is 3.93. The summed E-state index contributed by atoms with van der Waals surface area (Å²) in [4.78, 5) is 6.87. The molecule has 1 aliphatic heterocycles. The van der Waals surface area contributed by atoms with Crippen LogP contribution in [0.1, 0.15) is 11.9 Å². The van der Waals surface area contributed by atoms with Gasteiger partial charge in [-0.25, -0.2) is 4.98 Å². The van der Waals surface area contributed by atoms with Gasteiger partial charge in [0.1, 0.15) is 5.82 Å². The maximum absolute atomic E-state index is 5.15. The first kappa shape index (κ1) is 11.6. The van der Waals surface area contributed by atoms with Gasteiger partial charge in [-0.05, 0) is 0 Å². The highest BCUT2D eigenvalue weighted by Crippen LogP contribution is 2.19. The average molecular weight is 224 g/mol. The third-order valence-corrected chi connectivity index (χ3v) is 3.09. The molecule has 1 atom stereocenters. The zero-order valence-corrected chi connectivity index (χ0v) is 10.0. The average Bonchev–Trinajstić information content (AvgIpc) is 2.73. The van der Waals surface area contributed by atoms with E-state index in [1.807, 2.05) is 19.4 Å². The van der Waals surface area contributed by atoms with Crippen molar-refractivity contribution in [2.24, 2.45) is 7.05 Å². The van der Waals surface area contributed by atoms with Crippen molar-refractivity contribution >= 4 is 0 Å². The van der Waals surface area contributed by atoms with Crippen LogP contribution in [0.4, 0.5) is 0 Å². The van der Waals surface area contributed by atoms with Crippen molar-refractivity contribution in [2.45, 2.75) is 6.04 Å². The predicted molar refractivity (Wildman–Crippen MR) is 62.3 cm³/mol. The Morgan fingerprint density at radius 2 is 2.50 bits per heavy atom. The molecule has 0 amide bonds. The van der Waals surface area contributed by atoms with E-state index in [1.54, 1.807) is 7.11 Å². The summed E-state index contributed by atoms with van der Waals surface area (Å²) in [6.07, 6.45) is 3.86. The Balaban J connectivity index is 2.07. The van der Waals surface area contributed by atoms with Gasteiger partial charge in [-0.2, -0.15) is 0 Å². The number of hydrogen-bond donors (Lipinski definition) is 1. The number of piperazine rings is 1. The first-order valence-corrected chi connectivity index (χ1v) is 5.74. The monoisotopic (exact) mass is 224 g/mol. The number of aryl methyl sites for hydroxylation is 1. The number of nitrogens with zero attached hydrogens (tertiary/aromatic N) is 3. The van der Waals surface area contributed by atoms with E-state index >= 15 is 0 Å². The van der Waals surface area contributed by atoms with Crippen LogP contribution < -0.4 is 5.32 Å². The number of rotatable bonds is 4. The van der Waals surface area contributed by atoms with Gasteiger partial charge < -0.3 is 14.6 Å². The Morgan fingerprint density at radius 1 is 1.62 bits per heavy atom. The highest BCUT2D eigenvalue weighted by molar-refractivity contribution is 5.01. The highest BCUT2D eigenvalue weighted by atomic mass is 16.5. The van der Waals surface area contributed by atoms with Gasteiger partial charge in [-0.3, -0.25) is 4.90 Å². The Hall–Kier alpha value is -0.910. The molecular formula is C11H20N4O. The predicted octanol–water partition coefficient (Wildman–Crippen LogP) is 0.0128. The van der Waals surface area contributed by atoms with Crippen molar-refractivity contribution in [3.8, 4) is 0 Å². The minimum Gasteiger partial charge on any atom is -0.383 e. The van der Waals surface area contributed by atoms with E-state index < -0.39 is 0 Å². The fraction of sp³-hybridized carbons (Fsp3) is 0.727. The second-order valence-electron chi connectivity index (χ2n) is 4.15. The van der Waals surface area contributed by atoms with Crippen molar-refractivity contribution in [1.29, 1.82) is 0 Å². The molecule has 1 saturated heterocycles. The van der Waals surface area contributed by atoms with Gasteiger partial charge in [0.05, 0.1) is 12.6 Å². The van der Waals surface area contributed by atoms with Crippen molar-refractivity contribution in [3.63, 3.8) is 0 Å². The smallest absolute Gasteiger partial charge is 0.127 e. The maximum Gasteiger partial charge on any atom is 0.127 e. The zero-order chi connectivity index (χ0) is 11.4. The lowest BCUT2D eigenvalue weighted by molar-refractivity contribution is 0.0989. The normalized spacial score (nSPS) is 22.5. The molecule has 0 bridgehead atoms. The van der Waals surface area contributed by atoms with Gasteiger partial charge in [-0.15, -0.1) is 0 Å². The SMILES string of the molecule is COCCN1CCNCC1c1nccn1C. The molecule has 5 nitrogen and oxygen atoms in total. The lowest BCUT2D eigenvalue weighted by Gasteiger charge is -2.35.